The molecular weight excluding hydrogens is 513 g/mol. The van der Waals surface area contributed by atoms with Gasteiger partial charge in [0.15, 0.2) is 5.96 Å². The summed E-state index contributed by atoms with van der Waals surface area (Å²) in [6, 6.07) is 10.2. The van der Waals surface area contributed by atoms with Gasteiger partial charge in [-0.15, -0.1) is 35.3 Å². The van der Waals surface area contributed by atoms with Crippen molar-refractivity contribution in [2.45, 2.75) is 26.5 Å². The quantitative estimate of drug-likeness (QED) is 0.186. The van der Waals surface area contributed by atoms with Gasteiger partial charge in [0.25, 0.3) is 5.91 Å². The number of alkyl halides is 2. The van der Waals surface area contributed by atoms with E-state index in [2.05, 4.69) is 25.7 Å². The maximum atomic E-state index is 12.5. The van der Waals surface area contributed by atoms with Gasteiger partial charge in [0, 0.05) is 25.2 Å². The van der Waals surface area contributed by atoms with Crippen molar-refractivity contribution in [2.24, 2.45) is 4.99 Å². The molecular formula is C19H25F2IN4O2S. The molecule has 0 aliphatic carbocycles. The lowest BCUT2D eigenvalue weighted by Crippen LogP contribution is -2.38. The second-order valence-electron chi connectivity index (χ2n) is 5.69. The lowest BCUT2D eigenvalue weighted by Gasteiger charge is -2.13. The molecule has 0 unspecified atom stereocenters. The Hall–Kier alpha value is -1.95. The first-order valence-corrected chi connectivity index (χ1v) is 9.84. The zero-order chi connectivity index (χ0) is 20.2. The fourth-order valence-electron chi connectivity index (χ4n) is 2.34. The first-order valence-electron chi connectivity index (χ1n) is 8.96. The van der Waals surface area contributed by atoms with Crippen LogP contribution in [0, 0.1) is 0 Å². The Kier molecular flexibility index (Phi) is 12.2. The molecule has 29 heavy (non-hydrogen) atoms. The van der Waals surface area contributed by atoms with E-state index in [0.29, 0.717) is 42.5 Å². The Morgan fingerprint density at radius 2 is 1.90 bits per heavy atom. The van der Waals surface area contributed by atoms with Crippen LogP contribution in [0.1, 0.15) is 28.6 Å². The molecule has 160 valence electrons. The molecule has 10 heteroatoms. The van der Waals surface area contributed by atoms with Crippen molar-refractivity contribution in [3.8, 4) is 5.75 Å². The van der Waals surface area contributed by atoms with Crippen LogP contribution in [0.5, 0.6) is 5.75 Å². The summed E-state index contributed by atoms with van der Waals surface area (Å²) >= 11 is 1.40. The molecule has 2 rings (SSSR count). The number of hydrogen-bond donors (Lipinski definition) is 3. The molecule has 3 N–H and O–H groups in total. The van der Waals surface area contributed by atoms with Crippen LogP contribution in [-0.4, -0.2) is 38.1 Å². The normalized spacial score (nSPS) is 11.0. The van der Waals surface area contributed by atoms with Gasteiger partial charge >= 0.3 is 6.61 Å². The number of halogens is 3. The van der Waals surface area contributed by atoms with E-state index in [1.165, 1.54) is 17.4 Å². The first kappa shape index (κ1) is 25.1. The SMILES string of the molecule is CCNC(=NCc1ccccc1OC(F)F)NCCCNC(=O)c1cccs1.I. The van der Waals surface area contributed by atoms with Crippen molar-refractivity contribution < 1.29 is 18.3 Å². The van der Waals surface area contributed by atoms with Crippen LogP contribution >= 0.6 is 35.3 Å². The van der Waals surface area contributed by atoms with E-state index >= 15 is 0 Å². The number of benzene rings is 1. The summed E-state index contributed by atoms with van der Waals surface area (Å²) in [4.78, 5) is 16.9. The third-order valence-electron chi connectivity index (χ3n) is 3.62. The van der Waals surface area contributed by atoms with Gasteiger partial charge < -0.3 is 20.7 Å². The predicted molar refractivity (Wildman–Crippen MR) is 123 cm³/mol. The molecule has 1 aromatic heterocycles. The Morgan fingerprint density at radius 3 is 2.59 bits per heavy atom. The minimum absolute atomic E-state index is 0. The van der Waals surface area contributed by atoms with Crippen molar-refractivity contribution in [2.75, 3.05) is 19.6 Å². The molecule has 0 saturated heterocycles. The standard InChI is InChI=1S/C19H24F2N4O2S.HI/c1-2-22-19(24-11-6-10-23-17(26)16-9-5-12-28-16)25-13-14-7-3-4-8-15(14)27-18(20)21;/h3-5,7-9,12,18H,2,6,10-11,13H2,1H3,(H,23,26)(H2,22,24,25);1H. The Bertz CT molecular complexity index is 760. The van der Waals surface area contributed by atoms with E-state index in [0.717, 1.165) is 0 Å². The summed E-state index contributed by atoms with van der Waals surface area (Å²) < 4.78 is 29.5. The fraction of sp³-hybridized carbons (Fsp3) is 0.368. The lowest BCUT2D eigenvalue weighted by molar-refractivity contribution is -0.0504. The molecule has 0 spiro atoms. The van der Waals surface area contributed by atoms with Crippen molar-refractivity contribution in [1.82, 2.24) is 16.0 Å². The van der Waals surface area contributed by atoms with Crippen LogP contribution in [0.3, 0.4) is 0 Å². The van der Waals surface area contributed by atoms with E-state index in [4.69, 9.17) is 0 Å². The van der Waals surface area contributed by atoms with Crippen molar-refractivity contribution in [3.63, 3.8) is 0 Å². The van der Waals surface area contributed by atoms with Crippen LogP contribution in [0.25, 0.3) is 0 Å². The molecule has 0 radical (unpaired) electrons. The number of nitrogens with zero attached hydrogens (tertiary/aromatic N) is 1. The Morgan fingerprint density at radius 1 is 1.14 bits per heavy atom. The minimum Gasteiger partial charge on any atom is -0.434 e. The van der Waals surface area contributed by atoms with Gasteiger partial charge in [-0.25, -0.2) is 4.99 Å². The minimum atomic E-state index is -2.87. The van der Waals surface area contributed by atoms with Crippen LogP contribution < -0.4 is 20.7 Å². The molecule has 1 amide bonds. The van der Waals surface area contributed by atoms with Crippen LogP contribution in [0.2, 0.25) is 0 Å². The topological polar surface area (TPSA) is 74.8 Å². The maximum absolute atomic E-state index is 12.5. The van der Waals surface area contributed by atoms with Crippen LogP contribution in [0.15, 0.2) is 46.8 Å². The van der Waals surface area contributed by atoms with Gasteiger partial charge in [0.2, 0.25) is 0 Å². The summed E-state index contributed by atoms with van der Waals surface area (Å²) in [6.45, 7) is 1.07. The average Bonchev–Trinajstić information content (AvgIpc) is 3.21. The third-order valence-corrected chi connectivity index (χ3v) is 4.49. The molecule has 1 aromatic carbocycles. The van der Waals surface area contributed by atoms with Crippen LogP contribution in [-0.2, 0) is 6.54 Å². The van der Waals surface area contributed by atoms with E-state index < -0.39 is 6.61 Å². The number of para-hydroxylation sites is 1. The van der Waals surface area contributed by atoms with Gasteiger partial charge in [-0.3, -0.25) is 4.79 Å². The summed E-state index contributed by atoms with van der Waals surface area (Å²) in [5, 5.41) is 11.0. The highest BCUT2D eigenvalue weighted by atomic mass is 127. The second-order valence-corrected chi connectivity index (χ2v) is 6.64. The Labute approximate surface area is 190 Å². The number of rotatable bonds is 10. The summed E-state index contributed by atoms with van der Waals surface area (Å²) in [6.07, 6.45) is 0.715. The highest BCUT2D eigenvalue weighted by Gasteiger charge is 2.09. The third kappa shape index (κ3) is 9.39. The molecule has 1 heterocycles. The van der Waals surface area contributed by atoms with E-state index in [1.54, 1.807) is 24.3 Å². The lowest BCUT2D eigenvalue weighted by atomic mass is 10.2. The molecule has 0 fully saturated rings. The molecule has 6 nitrogen and oxygen atoms in total. The second kappa shape index (κ2) is 14.1. The smallest absolute Gasteiger partial charge is 0.387 e. The molecule has 0 aliphatic heterocycles. The molecule has 0 aliphatic rings. The number of guanidine groups is 1. The monoisotopic (exact) mass is 538 g/mol. The fourth-order valence-corrected chi connectivity index (χ4v) is 2.98. The first-order chi connectivity index (χ1) is 13.6. The Balaban J connectivity index is 0.00000420. The number of hydrogen-bond acceptors (Lipinski definition) is 4. The summed E-state index contributed by atoms with van der Waals surface area (Å²) in [5.74, 6) is 0.610. The average molecular weight is 538 g/mol. The van der Waals surface area contributed by atoms with Crippen LogP contribution in [0.4, 0.5) is 8.78 Å². The zero-order valence-corrected chi connectivity index (χ0v) is 19.1. The highest BCUT2D eigenvalue weighted by molar-refractivity contribution is 14.0. The van der Waals surface area contributed by atoms with Crippen molar-refractivity contribution in [3.05, 3.63) is 52.2 Å². The van der Waals surface area contributed by atoms with Gasteiger partial charge in [-0.2, -0.15) is 8.78 Å². The molecule has 2 aromatic rings. The largest absolute Gasteiger partial charge is 0.434 e. The summed E-state index contributed by atoms with van der Waals surface area (Å²) in [5.41, 5.74) is 0.572. The number of amides is 1. The summed E-state index contributed by atoms with van der Waals surface area (Å²) in [7, 11) is 0. The van der Waals surface area contributed by atoms with Gasteiger partial charge in [0.1, 0.15) is 5.75 Å². The number of carbonyl (C=O) groups excluding carboxylic acids is 1. The number of ether oxygens (including phenoxy) is 1. The number of aliphatic imine (C=N–C) groups is 1. The van der Waals surface area contributed by atoms with Crippen molar-refractivity contribution >= 4 is 47.2 Å². The molecule has 0 atom stereocenters. The van der Waals surface area contributed by atoms with Crippen molar-refractivity contribution in [1.29, 1.82) is 0 Å². The molecule has 0 saturated carbocycles. The zero-order valence-electron chi connectivity index (χ0n) is 16.0. The van der Waals surface area contributed by atoms with E-state index in [1.807, 2.05) is 18.4 Å². The number of nitrogens with one attached hydrogen (secondary N) is 3. The predicted octanol–water partition coefficient (Wildman–Crippen LogP) is 3.84. The van der Waals surface area contributed by atoms with E-state index in [-0.39, 0.29) is 42.2 Å². The molecule has 0 bridgehead atoms. The van der Waals surface area contributed by atoms with Gasteiger partial charge in [-0.05, 0) is 30.9 Å². The highest BCUT2D eigenvalue weighted by Crippen LogP contribution is 2.20. The maximum Gasteiger partial charge on any atom is 0.387 e. The number of carbonyl (C=O) groups is 1. The number of thiophene rings is 1. The van der Waals surface area contributed by atoms with E-state index in [9.17, 15) is 13.6 Å². The van der Waals surface area contributed by atoms with Gasteiger partial charge in [-0.1, -0.05) is 24.3 Å². The van der Waals surface area contributed by atoms with Gasteiger partial charge in [0.05, 0.1) is 11.4 Å².